The third kappa shape index (κ3) is 3.54. The van der Waals surface area contributed by atoms with E-state index in [1.165, 1.54) is 99.3 Å². The van der Waals surface area contributed by atoms with Crippen LogP contribution in [0.2, 0.25) is 0 Å². The molecular weight excluding hydrogens is 567 g/mol. The molecular formula is C46H33N. The van der Waals surface area contributed by atoms with Gasteiger partial charge in [0.15, 0.2) is 0 Å². The fraction of sp³-hybridized carbons (Fsp3) is 0.0870. The van der Waals surface area contributed by atoms with Gasteiger partial charge in [-0.15, -0.1) is 0 Å². The van der Waals surface area contributed by atoms with Gasteiger partial charge in [0.25, 0.3) is 0 Å². The molecule has 47 heavy (non-hydrogen) atoms. The van der Waals surface area contributed by atoms with Crippen molar-refractivity contribution in [2.24, 2.45) is 0 Å². The first-order chi connectivity index (χ1) is 23.0. The molecule has 222 valence electrons. The molecule has 0 amide bonds. The van der Waals surface area contributed by atoms with Gasteiger partial charge in [-0.2, -0.15) is 0 Å². The van der Waals surface area contributed by atoms with Crippen molar-refractivity contribution in [2.45, 2.75) is 26.2 Å². The summed E-state index contributed by atoms with van der Waals surface area (Å²) in [4.78, 5) is 0. The first kappa shape index (κ1) is 26.5. The molecule has 1 aliphatic rings. The van der Waals surface area contributed by atoms with Crippen molar-refractivity contribution < 1.29 is 0 Å². The summed E-state index contributed by atoms with van der Waals surface area (Å²) in [5.41, 5.74) is 18.1. The maximum Gasteiger partial charge on any atom is 0.0627 e. The molecule has 2 aromatic heterocycles. The van der Waals surface area contributed by atoms with E-state index in [-0.39, 0.29) is 5.41 Å². The van der Waals surface area contributed by atoms with E-state index in [4.69, 9.17) is 0 Å². The molecule has 1 nitrogen and oxygen atoms in total. The average Bonchev–Trinajstić information content (AvgIpc) is 3.62. The largest absolute Gasteiger partial charge is 0.308 e. The summed E-state index contributed by atoms with van der Waals surface area (Å²) in [5, 5.41) is 5.27. The molecule has 0 atom stereocenters. The SMILES string of the molecule is CC(C)(C)c1ccccc1-c1cccc2c1c1cc3c(c4c5ccccc5n2c14)-c1ccccc1-c1ccccc1-c1ccccc1-3. The highest BCUT2D eigenvalue weighted by molar-refractivity contribution is 6.32. The number of para-hydroxylation sites is 1. The third-order valence-corrected chi connectivity index (χ3v) is 10.4. The number of fused-ring (bicyclic) bond motifs is 15. The molecule has 0 radical (unpaired) electrons. The molecule has 0 bridgehead atoms. The number of nitrogens with zero attached hydrogens (tertiary/aromatic N) is 1. The van der Waals surface area contributed by atoms with Gasteiger partial charge in [0.1, 0.15) is 0 Å². The lowest BCUT2D eigenvalue weighted by Gasteiger charge is -2.24. The zero-order valence-corrected chi connectivity index (χ0v) is 26.8. The van der Waals surface area contributed by atoms with Crippen LogP contribution in [0.5, 0.6) is 0 Å². The topological polar surface area (TPSA) is 4.41 Å². The normalized spacial score (nSPS) is 12.6. The highest BCUT2D eigenvalue weighted by Gasteiger charge is 2.29. The van der Waals surface area contributed by atoms with Crippen molar-refractivity contribution in [1.82, 2.24) is 4.40 Å². The van der Waals surface area contributed by atoms with Gasteiger partial charge < -0.3 is 4.40 Å². The number of rotatable bonds is 1. The van der Waals surface area contributed by atoms with E-state index in [1.807, 2.05) is 0 Å². The summed E-state index contributed by atoms with van der Waals surface area (Å²) >= 11 is 0. The Kier molecular flexibility index (Phi) is 5.33. The monoisotopic (exact) mass is 599 g/mol. The number of hydrogen-bond acceptors (Lipinski definition) is 0. The minimum absolute atomic E-state index is 0.0112. The van der Waals surface area contributed by atoms with E-state index in [0.717, 1.165) is 0 Å². The second-order valence-electron chi connectivity index (χ2n) is 14.1. The molecule has 0 unspecified atom stereocenters. The summed E-state index contributed by atoms with van der Waals surface area (Å²) in [6, 6.07) is 54.4. The zero-order valence-electron chi connectivity index (χ0n) is 26.8. The summed E-state index contributed by atoms with van der Waals surface area (Å²) in [6.45, 7) is 6.96. The van der Waals surface area contributed by atoms with Gasteiger partial charge in [0.05, 0.1) is 16.6 Å². The van der Waals surface area contributed by atoms with Crippen LogP contribution in [0, 0.1) is 0 Å². The Morgan fingerprint density at radius 1 is 0.383 bits per heavy atom. The van der Waals surface area contributed by atoms with Gasteiger partial charge in [-0.05, 0) is 79.2 Å². The molecule has 2 heterocycles. The molecule has 7 aromatic carbocycles. The van der Waals surface area contributed by atoms with Gasteiger partial charge in [-0.1, -0.05) is 148 Å². The van der Waals surface area contributed by atoms with Gasteiger partial charge in [0, 0.05) is 27.1 Å². The quantitative estimate of drug-likeness (QED) is 0.177. The van der Waals surface area contributed by atoms with Crippen molar-refractivity contribution in [3.8, 4) is 55.6 Å². The van der Waals surface area contributed by atoms with Gasteiger partial charge >= 0.3 is 0 Å². The predicted molar refractivity (Wildman–Crippen MR) is 201 cm³/mol. The second-order valence-corrected chi connectivity index (χ2v) is 14.1. The Hall–Kier alpha value is -5.66. The number of hydrogen-bond donors (Lipinski definition) is 0. The van der Waals surface area contributed by atoms with Crippen LogP contribution in [0.1, 0.15) is 26.3 Å². The molecule has 0 spiro atoms. The predicted octanol–water partition coefficient (Wildman–Crippen LogP) is 12.8. The molecule has 9 aromatic rings. The third-order valence-electron chi connectivity index (χ3n) is 10.4. The van der Waals surface area contributed by atoms with Crippen LogP contribution in [0.3, 0.4) is 0 Å². The average molecular weight is 600 g/mol. The Labute approximate surface area is 274 Å². The summed E-state index contributed by atoms with van der Waals surface area (Å²) in [6.07, 6.45) is 0. The standard InChI is InChI=1S/C46H33N/c1-46(2,3)39-24-12-10-20-33(39)35-23-14-26-41-42(35)38-27-37-32-19-7-6-17-30(32)28-15-4-5-16-29(28)31-18-8-9-21-34(31)43(37)44-36-22-11-13-25-40(36)47(41)45(38)44/h4-27H,1-3H3. The van der Waals surface area contributed by atoms with Crippen LogP contribution in [0.4, 0.5) is 0 Å². The van der Waals surface area contributed by atoms with E-state index in [1.54, 1.807) is 0 Å². The number of aromatic nitrogens is 1. The van der Waals surface area contributed by atoms with Gasteiger partial charge in [0.2, 0.25) is 0 Å². The molecule has 0 saturated carbocycles. The maximum atomic E-state index is 2.54. The lowest BCUT2D eigenvalue weighted by atomic mass is 9.78. The Bertz CT molecular complexity index is 2710. The Morgan fingerprint density at radius 3 is 1.53 bits per heavy atom. The Morgan fingerprint density at radius 2 is 0.872 bits per heavy atom. The molecule has 0 N–H and O–H groups in total. The molecule has 0 aliphatic heterocycles. The first-order valence-corrected chi connectivity index (χ1v) is 16.6. The fourth-order valence-electron chi connectivity index (χ4n) is 8.55. The fourth-order valence-corrected chi connectivity index (χ4v) is 8.55. The van der Waals surface area contributed by atoms with Crippen molar-refractivity contribution >= 4 is 38.1 Å². The Balaban J connectivity index is 1.48. The van der Waals surface area contributed by atoms with Crippen molar-refractivity contribution in [2.75, 3.05) is 0 Å². The van der Waals surface area contributed by atoms with Crippen LogP contribution in [-0.4, -0.2) is 4.40 Å². The van der Waals surface area contributed by atoms with Crippen LogP contribution in [-0.2, 0) is 5.41 Å². The van der Waals surface area contributed by atoms with E-state index < -0.39 is 0 Å². The molecule has 1 aliphatic carbocycles. The summed E-state index contributed by atoms with van der Waals surface area (Å²) in [5.74, 6) is 0. The van der Waals surface area contributed by atoms with E-state index in [9.17, 15) is 0 Å². The highest BCUT2D eigenvalue weighted by Crippen LogP contribution is 2.54. The van der Waals surface area contributed by atoms with E-state index in [2.05, 4.69) is 171 Å². The second kappa shape index (κ2) is 9.44. The minimum atomic E-state index is 0.0112. The number of benzene rings is 7. The van der Waals surface area contributed by atoms with Crippen LogP contribution >= 0.6 is 0 Å². The molecule has 0 fully saturated rings. The van der Waals surface area contributed by atoms with Crippen molar-refractivity contribution in [3.63, 3.8) is 0 Å². The van der Waals surface area contributed by atoms with Crippen molar-refractivity contribution in [3.05, 3.63) is 151 Å². The summed E-state index contributed by atoms with van der Waals surface area (Å²) < 4.78 is 2.54. The van der Waals surface area contributed by atoms with Gasteiger partial charge in [-0.3, -0.25) is 0 Å². The lowest BCUT2D eigenvalue weighted by Crippen LogP contribution is -2.12. The van der Waals surface area contributed by atoms with E-state index >= 15 is 0 Å². The zero-order chi connectivity index (χ0) is 31.4. The van der Waals surface area contributed by atoms with Gasteiger partial charge in [-0.25, -0.2) is 0 Å². The molecule has 10 rings (SSSR count). The lowest BCUT2D eigenvalue weighted by molar-refractivity contribution is 0.592. The van der Waals surface area contributed by atoms with Crippen LogP contribution in [0.15, 0.2) is 146 Å². The molecule has 1 heteroatoms. The molecule has 0 saturated heterocycles. The minimum Gasteiger partial charge on any atom is -0.308 e. The maximum absolute atomic E-state index is 2.54. The first-order valence-electron chi connectivity index (χ1n) is 16.6. The smallest absolute Gasteiger partial charge is 0.0627 e. The van der Waals surface area contributed by atoms with Crippen LogP contribution in [0.25, 0.3) is 93.7 Å². The summed E-state index contributed by atoms with van der Waals surface area (Å²) in [7, 11) is 0. The van der Waals surface area contributed by atoms with Crippen molar-refractivity contribution in [1.29, 1.82) is 0 Å². The van der Waals surface area contributed by atoms with E-state index in [0.29, 0.717) is 0 Å². The van der Waals surface area contributed by atoms with Crippen LogP contribution < -0.4 is 0 Å². The highest BCUT2D eigenvalue weighted by atomic mass is 14.9.